The number of nitrogens with one attached hydrogen (secondary N) is 1. The Morgan fingerprint density at radius 3 is 2.52 bits per heavy atom. The number of aromatic nitrogens is 2. The highest BCUT2D eigenvalue weighted by atomic mass is 16.4. The Labute approximate surface area is 169 Å². The quantitative estimate of drug-likeness (QED) is 0.494. The fourth-order valence-corrected chi connectivity index (χ4v) is 3.43. The molecule has 4 aromatic rings. The Kier molecular flexibility index (Phi) is 4.96. The summed E-state index contributed by atoms with van der Waals surface area (Å²) in [5.41, 5.74) is 7.77. The summed E-state index contributed by atoms with van der Waals surface area (Å²) in [5, 5.41) is 12.9. The van der Waals surface area contributed by atoms with Crippen LogP contribution < -0.4 is 5.32 Å². The Hall–Kier alpha value is -3.73. The summed E-state index contributed by atoms with van der Waals surface area (Å²) in [6.45, 7) is 4.65. The van der Waals surface area contributed by atoms with E-state index in [1.807, 2.05) is 62.4 Å². The first-order valence-electron chi connectivity index (χ1n) is 9.41. The van der Waals surface area contributed by atoms with Crippen molar-refractivity contribution in [1.82, 2.24) is 9.97 Å². The molecule has 2 aromatic heterocycles. The summed E-state index contributed by atoms with van der Waals surface area (Å²) in [4.78, 5) is 20.6. The number of benzene rings is 2. The van der Waals surface area contributed by atoms with E-state index < -0.39 is 5.97 Å². The van der Waals surface area contributed by atoms with Crippen molar-refractivity contribution in [2.45, 2.75) is 20.4 Å². The summed E-state index contributed by atoms with van der Waals surface area (Å²) >= 11 is 0. The maximum atomic E-state index is 11.5. The fourth-order valence-electron chi connectivity index (χ4n) is 3.43. The minimum atomic E-state index is -0.922. The number of hydrogen-bond acceptors (Lipinski definition) is 4. The molecular formula is C24H21N3O2. The zero-order valence-corrected chi connectivity index (χ0v) is 16.3. The number of rotatable bonds is 5. The van der Waals surface area contributed by atoms with E-state index in [1.165, 1.54) is 0 Å². The lowest BCUT2D eigenvalue weighted by molar-refractivity contribution is 0.0697. The van der Waals surface area contributed by atoms with Crippen molar-refractivity contribution in [2.75, 3.05) is 5.32 Å². The van der Waals surface area contributed by atoms with Crippen LogP contribution in [-0.4, -0.2) is 21.0 Å². The highest BCUT2D eigenvalue weighted by Gasteiger charge is 2.11. The van der Waals surface area contributed by atoms with Gasteiger partial charge >= 0.3 is 5.97 Å². The van der Waals surface area contributed by atoms with Crippen LogP contribution in [0, 0.1) is 13.8 Å². The normalized spacial score (nSPS) is 10.8. The molecule has 4 rings (SSSR count). The van der Waals surface area contributed by atoms with Crippen molar-refractivity contribution in [3.63, 3.8) is 0 Å². The van der Waals surface area contributed by atoms with Crippen LogP contribution in [0.25, 0.3) is 22.2 Å². The van der Waals surface area contributed by atoms with E-state index in [-0.39, 0.29) is 0 Å². The third-order valence-electron chi connectivity index (χ3n) is 4.93. The number of hydrogen-bond donors (Lipinski definition) is 2. The Bertz CT molecular complexity index is 1200. The number of aryl methyl sites for hydroxylation is 2. The van der Waals surface area contributed by atoms with Gasteiger partial charge in [-0.15, -0.1) is 0 Å². The van der Waals surface area contributed by atoms with Gasteiger partial charge in [0.25, 0.3) is 0 Å². The molecule has 144 valence electrons. The lowest BCUT2D eigenvalue weighted by atomic mass is 9.99. The van der Waals surface area contributed by atoms with E-state index in [4.69, 9.17) is 0 Å². The molecule has 0 unspecified atom stereocenters. The van der Waals surface area contributed by atoms with Gasteiger partial charge in [0.15, 0.2) is 0 Å². The van der Waals surface area contributed by atoms with Gasteiger partial charge in [0.1, 0.15) is 5.52 Å². The van der Waals surface area contributed by atoms with Gasteiger partial charge in [-0.25, -0.2) is 4.79 Å². The minimum absolute atomic E-state index is 0.304. The molecule has 0 fully saturated rings. The molecule has 0 spiro atoms. The molecular weight excluding hydrogens is 362 g/mol. The second-order valence-electron chi connectivity index (χ2n) is 7.04. The smallest absolute Gasteiger partial charge is 0.336 e. The van der Waals surface area contributed by atoms with Crippen molar-refractivity contribution in [1.29, 1.82) is 0 Å². The molecule has 0 atom stereocenters. The van der Waals surface area contributed by atoms with Crippen LogP contribution in [0.3, 0.4) is 0 Å². The molecule has 0 saturated heterocycles. The number of anilines is 1. The Balaban J connectivity index is 1.58. The van der Waals surface area contributed by atoms with E-state index >= 15 is 0 Å². The van der Waals surface area contributed by atoms with Crippen molar-refractivity contribution in [3.05, 3.63) is 89.2 Å². The Morgan fingerprint density at radius 1 is 1.00 bits per heavy atom. The number of fused-ring (bicyclic) bond motifs is 1. The van der Waals surface area contributed by atoms with Gasteiger partial charge in [0.05, 0.1) is 16.8 Å². The minimum Gasteiger partial charge on any atom is -0.478 e. The summed E-state index contributed by atoms with van der Waals surface area (Å²) in [6, 6.07) is 18.9. The highest BCUT2D eigenvalue weighted by Crippen LogP contribution is 2.26. The molecule has 0 saturated carbocycles. The molecule has 0 aliphatic carbocycles. The predicted molar refractivity (Wildman–Crippen MR) is 115 cm³/mol. The second-order valence-corrected chi connectivity index (χ2v) is 7.04. The molecule has 0 aliphatic heterocycles. The Morgan fingerprint density at radius 2 is 1.76 bits per heavy atom. The van der Waals surface area contributed by atoms with Gasteiger partial charge in [-0.1, -0.05) is 42.5 Å². The van der Waals surface area contributed by atoms with Gasteiger partial charge in [0.2, 0.25) is 0 Å². The van der Waals surface area contributed by atoms with Gasteiger partial charge in [0, 0.05) is 18.4 Å². The fraction of sp³-hybridized carbons (Fsp3) is 0.125. The van der Waals surface area contributed by atoms with Crippen molar-refractivity contribution in [2.24, 2.45) is 0 Å². The van der Waals surface area contributed by atoms with E-state index in [1.54, 1.807) is 18.3 Å². The number of carbonyl (C=O) groups is 1. The highest BCUT2D eigenvalue weighted by molar-refractivity contribution is 5.96. The maximum absolute atomic E-state index is 11.5. The van der Waals surface area contributed by atoms with Crippen molar-refractivity contribution in [3.8, 4) is 11.1 Å². The van der Waals surface area contributed by atoms with Crippen LogP contribution in [0.5, 0.6) is 0 Å². The maximum Gasteiger partial charge on any atom is 0.336 e. The summed E-state index contributed by atoms with van der Waals surface area (Å²) in [5.74, 6) is -0.922. The molecule has 5 heteroatoms. The molecule has 0 amide bonds. The number of carboxylic acids is 1. The van der Waals surface area contributed by atoms with Gasteiger partial charge in [-0.3, -0.25) is 9.97 Å². The molecule has 0 aliphatic rings. The van der Waals surface area contributed by atoms with Gasteiger partial charge in [-0.2, -0.15) is 0 Å². The summed E-state index contributed by atoms with van der Waals surface area (Å²) < 4.78 is 0. The van der Waals surface area contributed by atoms with E-state index in [0.717, 1.165) is 44.7 Å². The summed E-state index contributed by atoms with van der Waals surface area (Å²) in [6.07, 6.45) is 1.80. The van der Waals surface area contributed by atoms with Gasteiger partial charge in [-0.05, 0) is 54.3 Å². The molecule has 2 N–H and O–H groups in total. The standard InChI is InChI=1S/C24H21N3O2/c1-15-11-12-25-23-21(13-16(2)27-22(15)23)26-14-17-7-9-18(10-8-17)19-5-3-4-6-20(19)24(28)29/h3-13H,14H2,1-2H3,(H,26,27)(H,28,29). The van der Waals surface area contributed by atoms with Gasteiger partial charge < -0.3 is 10.4 Å². The average molecular weight is 383 g/mol. The molecule has 5 nitrogen and oxygen atoms in total. The molecule has 2 aromatic carbocycles. The summed E-state index contributed by atoms with van der Waals surface area (Å²) in [7, 11) is 0. The SMILES string of the molecule is Cc1cc(NCc2ccc(-c3ccccc3C(=O)O)cc2)c2nccc(C)c2n1. The van der Waals surface area contributed by atoms with E-state index in [2.05, 4.69) is 15.3 Å². The molecule has 0 radical (unpaired) electrons. The zero-order valence-electron chi connectivity index (χ0n) is 16.3. The predicted octanol–water partition coefficient (Wildman–Crippen LogP) is 5.22. The van der Waals surface area contributed by atoms with Crippen LogP contribution in [0.2, 0.25) is 0 Å². The van der Waals surface area contributed by atoms with Crippen LogP contribution in [0.15, 0.2) is 66.9 Å². The molecule has 29 heavy (non-hydrogen) atoms. The first-order chi connectivity index (χ1) is 14.0. The first kappa shape index (κ1) is 18.6. The number of nitrogens with zero attached hydrogens (tertiary/aromatic N) is 2. The molecule has 0 bridgehead atoms. The number of carboxylic acid groups (broad SMARTS) is 1. The second kappa shape index (κ2) is 7.72. The number of pyridine rings is 2. The van der Waals surface area contributed by atoms with Crippen LogP contribution in [0.1, 0.15) is 27.2 Å². The monoisotopic (exact) mass is 383 g/mol. The topological polar surface area (TPSA) is 75.1 Å². The van der Waals surface area contributed by atoms with Crippen LogP contribution in [-0.2, 0) is 6.54 Å². The van der Waals surface area contributed by atoms with Crippen molar-refractivity contribution >= 4 is 22.7 Å². The van der Waals surface area contributed by atoms with Crippen LogP contribution >= 0.6 is 0 Å². The largest absolute Gasteiger partial charge is 0.478 e. The van der Waals surface area contributed by atoms with Crippen LogP contribution in [0.4, 0.5) is 5.69 Å². The average Bonchev–Trinajstić information content (AvgIpc) is 2.73. The third-order valence-corrected chi connectivity index (χ3v) is 4.93. The molecule has 2 heterocycles. The lowest BCUT2D eigenvalue weighted by Crippen LogP contribution is -2.03. The van der Waals surface area contributed by atoms with Crippen molar-refractivity contribution < 1.29 is 9.90 Å². The van der Waals surface area contributed by atoms with E-state index in [0.29, 0.717) is 12.1 Å². The number of aromatic carboxylic acids is 1. The third kappa shape index (κ3) is 3.80. The zero-order chi connectivity index (χ0) is 20.4. The van der Waals surface area contributed by atoms with E-state index in [9.17, 15) is 9.90 Å². The lowest BCUT2D eigenvalue weighted by Gasteiger charge is -2.12. The first-order valence-corrected chi connectivity index (χ1v) is 9.41.